The van der Waals surface area contributed by atoms with Gasteiger partial charge in [-0.3, -0.25) is 19.3 Å². The van der Waals surface area contributed by atoms with Crippen LogP contribution >= 0.6 is 23.1 Å². The maximum atomic E-state index is 13.6. The van der Waals surface area contributed by atoms with Gasteiger partial charge in [-0.15, -0.1) is 11.8 Å². The van der Waals surface area contributed by atoms with Crippen LogP contribution in [0, 0.1) is 36.5 Å². The molecule has 0 radical (unpaired) electrons. The molecule has 6 nitrogen and oxygen atoms in total. The molecule has 2 amide bonds. The third-order valence-corrected chi connectivity index (χ3v) is 10.5. The molecule has 7 atom stereocenters. The van der Waals surface area contributed by atoms with Crippen molar-refractivity contribution in [3.05, 3.63) is 68.5 Å². The van der Waals surface area contributed by atoms with Crippen LogP contribution in [-0.2, 0) is 9.59 Å². The lowest BCUT2D eigenvalue weighted by molar-refractivity contribution is -0.123. The second-order valence-corrected chi connectivity index (χ2v) is 11.5. The SMILES string of the molecule is Cc1ccc(N2C(=O)[C@H]3[C@@H]4C[C@@H]([C@@H]3C2=O)[C@H]2[C@@H](c3ccco3)c3sc(=O)[nH]c3S[C@H]42)cc1. The lowest BCUT2D eigenvalue weighted by atomic mass is 9.69. The summed E-state index contributed by atoms with van der Waals surface area (Å²) in [5.41, 5.74) is 1.76. The van der Waals surface area contributed by atoms with Gasteiger partial charge in [0.15, 0.2) is 0 Å². The van der Waals surface area contributed by atoms with E-state index in [4.69, 9.17) is 4.42 Å². The summed E-state index contributed by atoms with van der Waals surface area (Å²) in [6.45, 7) is 1.99. The maximum absolute atomic E-state index is 13.6. The lowest BCUT2D eigenvalue weighted by Crippen LogP contribution is -2.42. The number of anilines is 1. The standard InChI is InChI=1S/C24H20N2O4S2/c1-10-4-6-11(7-5-10)26-22(27)16-12-9-13(17(16)23(26)28)19-15(12)18(14-3-2-8-30-14)20-21(31-19)25-24(29)32-20/h2-8,12-13,15-19H,9H2,1H3,(H,25,29)/t12-,13+,15+,16+,17+,18-,19-/m1/s1. The summed E-state index contributed by atoms with van der Waals surface area (Å²) in [4.78, 5) is 44.7. The molecule has 1 N–H and O–H groups in total. The molecule has 162 valence electrons. The fourth-order valence-corrected chi connectivity index (χ4v) is 9.62. The van der Waals surface area contributed by atoms with Crippen LogP contribution in [0.5, 0.6) is 0 Å². The van der Waals surface area contributed by atoms with Gasteiger partial charge >= 0.3 is 4.87 Å². The Balaban J connectivity index is 1.32. The molecule has 2 aliphatic heterocycles. The third kappa shape index (κ3) is 2.34. The summed E-state index contributed by atoms with van der Waals surface area (Å²) in [5, 5.41) is 1.09. The highest BCUT2D eigenvalue weighted by molar-refractivity contribution is 8.00. The Morgan fingerprint density at radius 3 is 2.50 bits per heavy atom. The number of carbonyl (C=O) groups is 2. The zero-order valence-electron chi connectivity index (χ0n) is 17.2. The number of imide groups is 1. The van der Waals surface area contributed by atoms with E-state index in [1.165, 1.54) is 16.2 Å². The number of rotatable bonds is 2. The number of hydrogen-bond donors (Lipinski definition) is 1. The average Bonchev–Trinajstić information content (AvgIpc) is 3.57. The zero-order chi connectivity index (χ0) is 21.7. The number of furan rings is 1. The fraction of sp³-hybridized carbons (Fsp3) is 0.375. The van der Waals surface area contributed by atoms with E-state index >= 15 is 0 Å². The molecule has 4 aliphatic rings. The van der Waals surface area contributed by atoms with Crippen molar-refractivity contribution in [2.24, 2.45) is 29.6 Å². The Morgan fingerprint density at radius 2 is 1.78 bits per heavy atom. The quantitative estimate of drug-likeness (QED) is 0.580. The van der Waals surface area contributed by atoms with Gasteiger partial charge in [0.1, 0.15) is 5.76 Å². The summed E-state index contributed by atoms with van der Waals surface area (Å²) >= 11 is 2.94. The molecule has 32 heavy (non-hydrogen) atoms. The normalized spacial score (nSPS) is 34.7. The van der Waals surface area contributed by atoms with Crippen molar-refractivity contribution in [3.63, 3.8) is 0 Å². The van der Waals surface area contributed by atoms with Crippen molar-refractivity contribution < 1.29 is 14.0 Å². The van der Waals surface area contributed by atoms with Crippen molar-refractivity contribution in [1.29, 1.82) is 0 Å². The Bertz CT molecular complexity index is 1310. The van der Waals surface area contributed by atoms with E-state index in [2.05, 4.69) is 4.98 Å². The zero-order valence-corrected chi connectivity index (χ0v) is 18.8. The molecule has 2 aliphatic carbocycles. The molecule has 8 heteroatoms. The predicted octanol–water partition coefficient (Wildman–Crippen LogP) is 4.02. The molecule has 1 saturated heterocycles. The van der Waals surface area contributed by atoms with Crippen LogP contribution in [0.3, 0.4) is 0 Å². The Morgan fingerprint density at radius 1 is 1.03 bits per heavy atom. The number of aromatic nitrogens is 1. The summed E-state index contributed by atoms with van der Waals surface area (Å²) in [6.07, 6.45) is 2.55. The molecule has 3 fully saturated rings. The molecule has 7 rings (SSSR count). The van der Waals surface area contributed by atoms with Gasteiger partial charge in [0.25, 0.3) is 0 Å². The van der Waals surface area contributed by atoms with Crippen LogP contribution in [0.25, 0.3) is 0 Å². The van der Waals surface area contributed by atoms with Crippen molar-refractivity contribution in [3.8, 4) is 0 Å². The molecule has 3 aromatic rings. The molecule has 1 aromatic carbocycles. The smallest absolute Gasteiger partial charge is 0.305 e. The monoisotopic (exact) mass is 464 g/mol. The van der Waals surface area contributed by atoms with E-state index in [0.29, 0.717) is 5.69 Å². The van der Waals surface area contributed by atoms with Gasteiger partial charge in [-0.25, -0.2) is 0 Å². The first-order chi connectivity index (χ1) is 15.5. The van der Waals surface area contributed by atoms with Gasteiger partial charge in [0.2, 0.25) is 11.8 Å². The minimum absolute atomic E-state index is 0.0533. The molecule has 2 saturated carbocycles. The summed E-state index contributed by atoms with van der Waals surface area (Å²) < 4.78 is 5.84. The largest absolute Gasteiger partial charge is 0.469 e. The number of hydrogen-bond acceptors (Lipinski definition) is 6. The van der Waals surface area contributed by atoms with Crippen LogP contribution in [0.1, 0.15) is 28.5 Å². The highest BCUT2D eigenvalue weighted by Crippen LogP contribution is 2.68. The number of carbonyl (C=O) groups excluding carboxylic acids is 2. The number of fused-ring (bicyclic) bond motifs is 9. The number of nitrogens with one attached hydrogen (secondary N) is 1. The minimum atomic E-state index is -0.287. The van der Waals surface area contributed by atoms with Crippen molar-refractivity contribution >= 4 is 40.6 Å². The number of benzene rings is 1. The highest BCUT2D eigenvalue weighted by atomic mass is 32.2. The molecular formula is C24H20N2O4S2. The van der Waals surface area contributed by atoms with E-state index in [-0.39, 0.29) is 57.4 Å². The molecule has 4 heterocycles. The Kier molecular flexibility index (Phi) is 3.84. The van der Waals surface area contributed by atoms with Crippen LogP contribution in [0.4, 0.5) is 5.69 Å². The molecule has 0 spiro atoms. The molecule has 0 unspecified atom stereocenters. The van der Waals surface area contributed by atoms with Gasteiger partial charge in [-0.1, -0.05) is 29.0 Å². The van der Waals surface area contributed by atoms with Gasteiger partial charge in [0, 0.05) is 5.25 Å². The van der Waals surface area contributed by atoms with E-state index in [0.717, 1.165) is 27.6 Å². The van der Waals surface area contributed by atoms with Gasteiger partial charge in [-0.05, 0) is 55.4 Å². The minimum Gasteiger partial charge on any atom is -0.469 e. The van der Waals surface area contributed by atoms with E-state index in [9.17, 15) is 14.4 Å². The van der Waals surface area contributed by atoms with Crippen molar-refractivity contribution in [2.75, 3.05) is 4.90 Å². The maximum Gasteiger partial charge on any atom is 0.305 e. The number of thiazole rings is 1. The van der Waals surface area contributed by atoms with Crippen LogP contribution in [0.2, 0.25) is 0 Å². The summed E-state index contributed by atoms with van der Waals surface area (Å²) in [6, 6.07) is 11.5. The summed E-state index contributed by atoms with van der Waals surface area (Å²) in [7, 11) is 0. The van der Waals surface area contributed by atoms with Crippen LogP contribution in [-0.4, -0.2) is 22.0 Å². The van der Waals surface area contributed by atoms with Crippen molar-refractivity contribution in [1.82, 2.24) is 4.98 Å². The number of H-pyrrole nitrogens is 1. The van der Waals surface area contributed by atoms with Gasteiger partial charge < -0.3 is 9.40 Å². The van der Waals surface area contributed by atoms with E-state index < -0.39 is 0 Å². The summed E-state index contributed by atoms with van der Waals surface area (Å²) in [5.74, 6) is 0.509. The van der Waals surface area contributed by atoms with Gasteiger partial charge in [0.05, 0.1) is 39.6 Å². The average molecular weight is 465 g/mol. The van der Waals surface area contributed by atoms with E-state index in [1.807, 2.05) is 43.3 Å². The first-order valence-electron chi connectivity index (χ1n) is 10.9. The first kappa shape index (κ1) is 18.9. The van der Waals surface area contributed by atoms with Crippen LogP contribution in [0.15, 0.2) is 56.9 Å². The second kappa shape index (κ2) is 6.48. The van der Waals surface area contributed by atoms with Gasteiger partial charge in [-0.2, -0.15) is 0 Å². The second-order valence-electron chi connectivity index (χ2n) is 9.32. The number of nitrogens with zero attached hydrogens (tertiary/aromatic N) is 1. The van der Waals surface area contributed by atoms with Crippen molar-refractivity contribution in [2.45, 2.75) is 29.5 Å². The first-order valence-corrected chi connectivity index (χ1v) is 12.6. The lowest BCUT2D eigenvalue weighted by Gasteiger charge is -2.42. The third-order valence-electron chi connectivity index (χ3n) is 7.87. The molecule has 2 bridgehead atoms. The van der Waals surface area contributed by atoms with E-state index in [1.54, 1.807) is 18.0 Å². The fourth-order valence-electron chi connectivity index (χ4n) is 6.75. The number of aromatic amines is 1. The molecular weight excluding hydrogens is 444 g/mol. The number of thioether (sulfide) groups is 1. The number of aryl methyl sites for hydroxylation is 1. The molecule has 2 aromatic heterocycles. The highest BCUT2D eigenvalue weighted by Gasteiger charge is 2.70. The topological polar surface area (TPSA) is 83.4 Å². The Labute approximate surface area is 192 Å². The predicted molar refractivity (Wildman–Crippen MR) is 121 cm³/mol. The Hall–Kier alpha value is -2.58. The number of amides is 2. The van der Waals surface area contributed by atoms with Crippen LogP contribution < -0.4 is 9.77 Å².